The fourth-order valence-electron chi connectivity index (χ4n) is 3.06. The maximum absolute atomic E-state index is 13.3. The van der Waals surface area contributed by atoms with Gasteiger partial charge in [0.25, 0.3) is 0 Å². The number of nitrogens with zero attached hydrogens (tertiary/aromatic N) is 4. The minimum absolute atomic E-state index is 0.353. The third-order valence-corrected chi connectivity index (χ3v) is 7.57. The third-order valence-electron chi connectivity index (χ3n) is 4.72. The van der Waals surface area contributed by atoms with E-state index in [1.165, 1.54) is 15.7 Å². The smallest absolute Gasteiger partial charge is 0.237 e. The second-order valence-electron chi connectivity index (χ2n) is 6.47. The monoisotopic (exact) mass is 398 g/mol. The van der Waals surface area contributed by atoms with Crippen molar-refractivity contribution in [1.82, 2.24) is 18.9 Å². The maximum atomic E-state index is 13.3. The molecule has 0 amide bonds. The molecule has 138 valence electrons. The highest BCUT2D eigenvalue weighted by molar-refractivity contribution is 7.98. The van der Waals surface area contributed by atoms with Gasteiger partial charge < -0.3 is 0 Å². The Bertz CT molecular complexity index is 1180. The molecule has 0 N–H and O–H groups in total. The predicted octanol–water partition coefficient (Wildman–Crippen LogP) is 3.53. The molecule has 0 radical (unpaired) electrons. The van der Waals surface area contributed by atoms with E-state index in [1.54, 1.807) is 43.7 Å². The van der Waals surface area contributed by atoms with Gasteiger partial charge in [0.2, 0.25) is 10.0 Å². The van der Waals surface area contributed by atoms with E-state index in [1.807, 2.05) is 30.5 Å². The van der Waals surface area contributed by atoms with Gasteiger partial charge in [-0.05, 0) is 49.4 Å². The lowest BCUT2D eigenvalue weighted by Gasteiger charge is -2.28. The van der Waals surface area contributed by atoms with Crippen molar-refractivity contribution in [1.29, 1.82) is 0 Å². The molecule has 0 aliphatic heterocycles. The molecule has 0 aromatic carbocycles. The predicted molar refractivity (Wildman–Crippen MR) is 108 cm³/mol. The zero-order chi connectivity index (χ0) is 19.1. The molecule has 0 bridgehead atoms. The quantitative estimate of drug-likeness (QED) is 0.494. The molecule has 27 heavy (non-hydrogen) atoms. The second kappa shape index (κ2) is 6.61. The third kappa shape index (κ3) is 2.98. The summed E-state index contributed by atoms with van der Waals surface area (Å²) in [4.78, 5) is 12.9. The highest BCUT2D eigenvalue weighted by atomic mass is 32.2. The Morgan fingerprint density at radius 3 is 2.78 bits per heavy atom. The van der Waals surface area contributed by atoms with E-state index in [4.69, 9.17) is 0 Å². The van der Waals surface area contributed by atoms with Gasteiger partial charge in [0.15, 0.2) is 10.8 Å². The molecule has 1 unspecified atom stereocenters. The number of hydrogen-bond donors (Lipinski definition) is 0. The van der Waals surface area contributed by atoms with Gasteiger partial charge in [-0.2, -0.15) is 0 Å². The number of rotatable bonds is 4. The summed E-state index contributed by atoms with van der Waals surface area (Å²) >= 11 is 1.47. The van der Waals surface area contributed by atoms with Crippen LogP contribution in [-0.2, 0) is 10.0 Å². The van der Waals surface area contributed by atoms with Crippen LogP contribution in [-0.4, -0.2) is 38.3 Å². The molecule has 3 heterocycles. The van der Waals surface area contributed by atoms with Gasteiger partial charge in [-0.25, -0.2) is 27.3 Å². The lowest BCUT2D eigenvalue weighted by Crippen LogP contribution is -2.38. The average molecular weight is 399 g/mol. The van der Waals surface area contributed by atoms with Crippen molar-refractivity contribution in [2.75, 3.05) is 6.26 Å². The van der Waals surface area contributed by atoms with E-state index < -0.39 is 14.8 Å². The Morgan fingerprint density at radius 2 is 2.04 bits per heavy atom. The Kier molecular flexibility index (Phi) is 4.39. The van der Waals surface area contributed by atoms with Crippen molar-refractivity contribution in [2.24, 2.45) is 0 Å². The fourth-order valence-corrected chi connectivity index (χ4v) is 5.00. The van der Waals surface area contributed by atoms with E-state index in [2.05, 4.69) is 15.0 Å². The lowest BCUT2D eigenvalue weighted by atomic mass is 9.96. The first kappa shape index (κ1) is 17.9. The SMILES string of the molecule is CSc1nccc(C2=CCC(C)(S(=O)(=O)n3ccc4cccnc43)C=C2)n1. The van der Waals surface area contributed by atoms with Crippen molar-refractivity contribution in [3.05, 3.63) is 66.8 Å². The topological polar surface area (TPSA) is 77.7 Å². The summed E-state index contributed by atoms with van der Waals surface area (Å²) in [7, 11) is -3.68. The summed E-state index contributed by atoms with van der Waals surface area (Å²) in [6, 6.07) is 7.24. The Morgan fingerprint density at radius 1 is 1.19 bits per heavy atom. The van der Waals surface area contributed by atoms with Crippen molar-refractivity contribution in [2.45, 2.75) is 23.2 Å². The Labute approximate surface area is 162 Å². The largest absolute Gasteiger partial charge is 0.249 e. The lowest BCUT2D eigenvalue weighted by molar-refractivity contribution is 0.555. The van der Waals surface area contributed by atoms with Gasteiger partial charge in [0.05, 0.1) is 5.69 Å². The van der Waals surface area contributed by atoms with Crippen LogP contribution in [0.4, 0.5) is 0 Å². The van der Waals surface area contributed by atoms with Crippen LogP contribution in [0.3, 0.4) is 0 Å². The summed E-state index contributed by atoms with van der Waals surface area (Å²) in [6.07, 6.45) is 12.6. The van der Waals surface area contributed by atoms with E-state index in [0.717, 1.165) is 16.7 Å². The van der Waals surface area contributed by atoms with Gasteiger partial charge in [0, 0.05) is 24.0 Å². The van der Waals surface area contributed by atoms with Crippen molar-refractivity contribution in [3.8, 4) is 0 Å². The molecule has 1 aliphatic carbocycles. The Hall–Kier alpha value is -2.45. The first-order chi connectivity index (χ1) is 12.9. The van der Waals surface area contributed by atoms with Gasteiger partial charge >= 0.3 is 0 Å². The molecule has 0 saturated carbocycles. The van der Waals surface area contributed by atoms with Crippen LogP contribution < -0.4 is 0 Å². The summed E-state index contributed by atoms with van der Waals surface area (Å²) in [6.45, 7) is 1.73. The standard InChI is InChI=1S/C19H18N4O2S2/c1-19(27(24,25)23-13-8-15-4-3-11-20-17(15)23)9-5-14(6-10-19)16-7-12-21-18(22-16)26-2/h3-9,11-13H,10H2,1-2H3. The molecule has 3 aromatic heterocycles. The van der Waals surface area contributed by atoms with Crippen LogP contribution in [0.2, 0.25) is 0 Å². The number of pyridine rings is 1. The summed E-state index contributed by atoms with van der Waals surface area (Å²) in [5.74, 6) is 0. The van der Waals surface area contributed by atoms with Crippen molar-refractivity contribution >= 4 is 38.4 Å². The molecule has 3 aromatic rings. The van der Waals surface area contributed by atoms with Crippen LogP contribution in [0.25, 0.3) is 16.6 Å². The number of thioether (sulfide) groups is 1. The zero-order valence-corrected chi connectivity index (χ0v) is 16.5. The minimum atomic E-state index is -3.68. The summed E-state index contributed by atoms with van der Waals surface area (Å²) in [5.41, 5.74) is 2.14. The maximum Gasteiger partial charge on any atom is 0.249 e. The van der Waals surface area contributed by atoms with E-state index in [-0.39, 0.29) is 0 Å². The first-order valence-corrected chi connectivity index (χ1v) is 11.1. The minimum Gasteiger partial charge on any atom is -0.237 e. The van der Waals surface area contributed by atoms with Gasteiger partial charge in [0.1, 0.15) is 4.75 Å². The van der Waals surface area contributed by atoms with Crippen LogP contribution in [0.5, 0.6) is 0 Å². The molecule has 8 heteroatoms. The number of aromatic nitrogens is 4. The van der Waals surface area contributed by atoms with Crippen LogP contribution in [0, 0.1) is 0 Å². The Balaban J connectivity index is 1.69. The number of fused-ring (bicyclic) bond motifs is 1. The molecule has 0 fully saturated rings. The molecular weight excluding hydrogens is 380 g/mol. The molecular formula is C19H18N4O2S2. The van der Waals surface area contributed by atoms with E-state index >= 15 is 0 Å². The second-order valence-corrected chi connectivity index (χ2v) is 9.52. The molecule has 1 atom stereocenters. The zero-order valence-electron chi connectivity index (χ0n) is 14.9. The normalized spacial score (nSPS) is 20.0. The van der Waals surface area contributed by atoms with E-state index in [0.29, 0.717) is 17.2 Å². The van der Waals surface area contributed by atoms with Crippen molar-refractivity contribution < 1.29 is 8.42 Å². The van der Waals surface area contributed by atoms with Gasteiger partial charge in [-0.1, -0.05) is 30.0 Å². The van der Waals surface area contributed by atoms with Crippen LogP contribution in [0.1, 0.15) is 19.0 Å². The van der Waals surface area contributed by atoms with E-state index in [9.17, 15) is 8.42 Å². The van der Waals surface area contributed by atoms with Crippen LogP contribution >= 0.6 is 11.8 Å². The van der Waals surface area contributed by atoms with Crippen molar-refractivity contribution in [3.63, 3.8) is 0 Å². The highest BCUT2D eigenvalue weighted by Gasteiger charge is 2.39. The first-order valence-electron chi connectivity index (χ1n) is 8.39. The molecule has 1 aliphatic rings. The highest BCUT2D eigenvalue weighted by Crippen LogP contribution is 2.34. The van der Waals surface area contributed by atoms with Crippen LogP contribution in [0.15, 0.2) is 66.2 Å². The molecule has 6 nitrogen and oxygen atoms in total. The summed E-state index contributed by atoms with van der Waals surface area (Å²) in [5, 5.41) is 1.49. The van der Waals surface area contributed by atoms with Gasteiger partial charge in [-0.15, -0.1) is 0 Å². The fraction of sp³-hybridized carbons (Fsp3) is 0.211. The molecule has 0 spiro atoms. The van der Waals surface area contributed by atoms with Gasteiger partial charge in [-0.3, -0.25) is 0 Å². The summed E-state index contributed by atoms with van der Waals surface area (Å²) < 4.78 is 26.9. The number of allylic oxidation sites excluding steroid dienone is 3. The molecule has 4 rings (SSSR count). The number of hydrogen-bond acceptors (Lipinski definition) is 6. The molecule has 0 saturated heterocycles. The average Bonchev–Trinajstić information content (AvgIpc) is 3.13.